The van der Waals surface area contributed by atoms with Crippen LogP contribution in [0.4, 0.5) is 10.1 Å². The number of carbonyl (C=O) groups excluding carboxylic acids is 2. The van der Waals surface area contributed by atoms with E-state index in [1.165, 1.54) is 36.4 Å². The van der Waals surface area contributed by atoms with Crippen molar-refractivity contribution in [3.8, 4) is 0 Å². The Bertz CT molecular complexity index is 676. The summed E-state index contributed by atoms with van der Waals surface area (Å²) in [5.74, 6) is -2.24. The Labute approximate surface area is 119 Å². The van der Waals surface area contributed by atoms with Crippen LogP contribution < -0.4 is 10.0 Å². The molecule has 0 atom stereocenters. The van der Waals surface area contributed by atoms with Gasteiger partial charge in [0.2, 0.25) is 0 Å². The van der Waals surface area contributed by atoms with Crippen LogP contribution in [0.25, 0.3) is 0 Å². The van der Waals surface area contributed by atoms with Crippen LogP contribution in [0, 0.1) is 11.0 Å². The standard InChI is InChI=1S/C14H11FN2O4/c15-10-5-1-2-6-11(10)16-13(18)9-21-14(19)12-7-3-4-8-17(12)20/h1-8H,9H2,(H,16,18). The zero-order valence-corrected chi connectivity index (χ0v) is 10.8. The Morgan fingerprint density at radius 1 is 1.19 bits per heavy atom. The third-order valence-electron chi connectivity index (χ3n) is 2.52. The van der Waals surface area contributed by atoms with Gasteiger partial charge >= 0.3 is 11.7 Å². The Kier molecular flexibility index (Phi) is 4.45. The molecule has 0 spiro atoms. The van der Waals surface area contributed by atoms with Crippen LogP contribution >= 0.6 is 0 Å². The van der Waals surface area contributed by atoms with Gasteiger partial charge in [-0.1, -0.05) is 12.1 Å². The molecule has 1 aromatic carbocycles. The van der Waals surface area contributed by atoms with E-state index in [9.17, 15) is 19.2 Å². The van der Waals surface area contributed by atoms with Crippen LogP contribution in [-0.2, 0) is 9.53 Å². The van der Waals surface area contributed by atoms with Crippen molar-refractivity contribution in [3.63, 3.8) is 0 Å². The monoisotopic (exact) mass is 290 g/mol. The highest BCUT2D eigenvalue weighted by atomic mass is 19.1. The van der Waals surface area contributed by atoms with E-state index in [1.807, 2.05) is 0 Å². The smallest absolute Gasteiger partial charge is 0.405 e. The van der Waals surface area contributed by atoms with Crippen molar-refractivity contribution in [2.24, 2.45) is 0 Å². The second-order valence-corrected chi connectivity index (χ2v) is 4.02. The summed E-state index contributed by atoms with van der Waals surface area (Å²) in [5.41, 5.74) is -0.256. The number of aromatic nitrogens is 1. The lowest BCUT2D eigenvalue weighted by molar-refractivity contribution is -0.608. The minimum absolute atomic E-state index is 0.0165. The van der Waals surface area contributed by atoms with Crippen LogP contribution in [0.5, 0.6) is 0 Å². The molecule has 21 heavy (non-hydrogen) atoms. The van der Waals surface area contributed by atoms with Crippen molar-refractivity contribution in [3.05, 3.63) is 65.4 Å². The fraction of sp³-hybridized carbons (Fsp3) is 0.0714. The molecule has 1 heterocycles. The third kappa shape index (κ3) is 3.75. The van der Waals surface area contributed by atoms with Crippen LogP contribution in [0.1, 0.15) is 10.5 Å². The first-order valence-electron chi connectivity index (χ1n) is 5.97. The molecule has 6 nitrogen and oxygen atoms in total. The average Bonchev–Trinajstić information content (AvgIpc) is 2.48. The van der Waals surface area contributed by atoms with Crippen molar-refractivity contribution < 1.29 is 23.4 Å². The number of rotatable bonds is 4. The summed E-state index contributed by atoms with van der Waals surface area (Å²) in [4.78, 5) is 23.1. The predicted molar refractivity (Wildman–Crippen MR) is 70.7 cm³/mol. The molecule has 0 radical (unpaired) electrons. The molecule has 0 aliphatic carbocycles. The molecule has 0 aliphatic rings. The summed E-state index contributed by atoms with van der Waals surface area (Å²) < 4.78 is 18.3. The van der Waals surface area contributed by atoms with Crippen molar-refractivity contribution in [2.45, 2.75) is 0 Å². The topological polar surface area (TPSA) is 82.3 Å². The van der Waals surface area contributed by atoms with Crippen molar-refractivity contribution in [1.29, 1.82) is 0 Å². The molecule has 0 saturated heterocycles. The fourth-order valence-corrected chi connectivity index (χ4v) is 1.54. The number of halogens is 1. The number of para-hydroxylation sites is 1. The average molecular weight is 290 g/mol. The van der Waals surface area contributed by atoms with Gasteiger partial charge in [0.25, 0.3) is 5.91 Å². The summed E-state index contributed by atoms with van der Waals surface area (Å²) in [7, 11) is 0. The number of benzene rings is 1. The molecule has 1 N–H and O–H groups in total. The van der Waals surface area contributed by atoms with Gasteiger partial charge < -0.3 is 15.3 Å². The number of carbonyl (C=O) groups is 2. The number of nitrogens with zero attached hydrogens (tertiary/aromatic N) is 1. The molecule has 1 amide bonds. The Morgan fingerprint density at radius 3 is 2.62 bits per heavy atom. The number of esters is 1. The maximum Gasteiger partial charge on any atom is 0.405 e. The van der Waals surface area contributed by atoms with E-state index in [-0.39, 0.29) is 11.4 Å². The van der Waals surface area contributed by atoms with Crippen LogP contribution in [0.2, 0.25) is 0 Å². The molecular formula is C14H11FN2O4. The molecule has 2 aromatic rings. The molecule has 108 valence electrons. The highest BCUT2D eigenvalue weighted by Crippen LogP contribution is 2.11. The quantitative estimate of drug-likeness (QED) is 0.522. The van der Waals surface area contributed by atoms with E-state index in [0.29, 0.717) is 4.73 Å². The predicted octanol–water partition coefficient (Wildman–Crippen LogP) is 1.25. The minimum Gasteiger partial charge on any atom is -0.618 e. The lowest BCUT2D eigenvalue weighted by atomic mass is 10.3. The van der Waals surface area contributed by atoms with Gasteiger partial charge in [0, 0.05) is 12.1 Å². The highest BCUT2D eigenvalue weighted by Gasteiger charge is 2.18. The molecule has 0 saturated carbocycles. The molecule has 2 rings (SSSR count). The van der Waals surface area contributed by atoms with E-state index >= 15 is 0 Å². The number of amides is 1. The van der Waals surface area contributed by atoms with Crippen LogP contribution in [-0.4, -0.2) is 18.5 Å². The first kappa shape index (κ1) is 14.4. The van der Waals surface area contributed by atoms with Crippen molar-refractivity contribution >= 4 is 17.6 Å². The summed E-state index contributed by atoms with van der Waals surface area (Å²) in [5, 5.41) is 13.6. The normalized spacial score (nSPS) is 9.95. The van der Waals surface area contributed by atoms with Crippen molar-refractivity contribution in [2.75, 3.05) is 11.9 Å². The van der Waals surface area contributed by atoms with Gasteiger partial charge in [0.15, 0.2) is 12.8 Å². The Morgan fingerprint density at radius 2 is 1.90 bits per heavy atom. The Balaban J connectivity index is 1.91. The first-order chi connectivity index (χ1) is 10.1. The van der Waals surface area contributed by atoms with Gasteiger partial charge in [0.1, 0.15) is 5.82 Å². The van der Waals surface area contributed by atoms with Crippen LogP contribution in [0.3, 0.4) is 0 Å². The maximum atomic E-state index is 13.3. The van der Waals surface area contributed by atoms with E-state index < -0.39 is 24.3 Å². The molecule has 7 heteroatoms. The summed E-state index contributed by atoms with van der Waals surface area (Å²) in [6.45, 7) is -0.623. The van der Waals surface area contributed by atoms with Crippen molar-refractivity contribution in [1.82, 2.24) is 0 Å². The van der Waals surface area contributed by atoms with E-state index in [0.717, 1.165) is 6.20 Å². The maximum absolute atomic E-state index is 13.3. The zero-order chi connectivity index (χ0) is 15.2. The minimum atomic E-state index is -0.936. The van der Waals surface area contributed by atoms with Gasteiger partial charge in [-0.05, 0) is 18.2 Å². The largest absolute Gasteiger partial charge is 0.618 e. The number of ether oxygens (including phenoxy) is 1. The molecule has 0 aliphatic heterocycles. The first-order valence-corrected chi connectivity index (χ1v) is 5.97. The summed E-state index contributed by atoms with van der Waals surface area (Å²) >= 11 is 0. The van der Waals surface area contributed by atoms with E-state index in [1.54, 1.807) is 6.07 Å². The molecule has 0 bridgehead atoms. The fourth-order valence-electron chi connectivity index (χ4n) is 1.54. The second kappa shape index (κ2) is 6.47. The Hall–Kier alpha value is -2.96. The summed E-state index contributed by atoms with van der Waals surface area (Å²) in [6.07, 6.45) is 1.13. The third-order valence-corrected chi connectivity index (χ3v) is 2.52. The number of hydrogen-bond donors (Lipinski definition) is 1. The number of anilines is 1. The second-order valence-electron chi connectivity index (χ2n) is 4.02. The van der Waals surface area contributed by atoms with Gasteiger partial charge in [-0.25, -0.2) is 9.18 Å². The van der Waals surface area contributed by atoms with Gasteiger partial charge in [-0.2, -0.15) is 4.73 Å². The molecular weight excluding hydrogens is 279 g/mol. The number of hydrogen-bond acceptors (Lipinski definition) is 4. The van der Waals surface area contributed by atoms with E-state index in [4.69, 9.17) is 0 Å². The molecule has 0 unspecified atom stereocenters. The summed E-state index contributed by atoms with van der Waals surface area (Å²) in [6, 6.07) is 9.80. The van der Waals surface area contributed by atoms with Gasteiger partial charge in [-0.3, -0.25) is 4.79 Å². The van der Waals surface area contributed by atoms with E-state index in [2.05, 4.69) is 10.1 Å². The SMILES string of the molecule is O=C(COC(=O)c1cccc[n+]1[O-])Nc1ccccc1F. The number of nitrogens with one attached hydrogen (secondary N) is 1. The lowest BCUT2D eigenvalue weighted by Gasteiger charge is -2.07. The van der Waals surface area contributed by atoms with Gasteiger partial charge in [0.05, 0.1) is 5.69 Å². The molecule has 0 fully saturated rings. The van der Waals surface area contributed by atoms with Gasteiger partial charge in [-0.15, -0.1) is 0 Å². The number of pyridine rings is 1. The zero-order valence-electron chi connectivity index (χ0n) is 10.8. The molecule has 1 aromatic heterocycles. The lowest BCUT2D eigenvalue weighted by Crippen LogP contribution is -2.35. The van der Waals surface area contributed by atoms with Crippen LogP contribution in [0.15, 0.2) is 48.7 Å². The highest BCUT2D eigenvalue weighted by molar-refractivity contribution is 5.94.